The largest absolute Gasteiger partial charge is 0.480 e. The van der Waals surface area contributed by atoms with Crippen LogP contribution in [0.1, 0.15) is 40.5 Å². The molecule has 5 nitrogen and oxygen atoms in total. The molecule has 0 fully saturated rings. The second-order valence-corrected chi connectivity index (χ2v) is 4.50. The molecule has 0 aromatic carbocycles. The summed E-state index contributed by atoms with van der Waals surface area (Å²) in [6.07, 6.45) is 2.95. The van der Waals surface area contributed by atoms with E-state index in [1.54, 1.807) is 0 Å². The van der Waals surface area contributed by atoms with E-state index in [9.17, 15) is 9.59 Å². The topological polar surface area (TPSA) is 78.4 Å². The molecule has 1 unspecified atom stereocenters. The predicted molar refractivity (Wildman–Crippen MR) is 66.9 cm³/mol. The van der Waals surface area contributed by atoms with Gasteiger partial charge in [0.25, 0.3) is 0 Å². The van der Waals surface area contributed by atoms with Crippen molar-refractivity contribution in [3.8, 4) is 0 Å². The van der Waals surface area contributed by atoms with Gasteiger partial charge in [-0.1, -0.05) is 25.0 Å². The quantitative estimate of drug-likeness (QED) is 0.622. The summed E-state index contributed by atoms with van der Waals surface area (Å²) in [5.41, 5.74) is -0.107. The number of carbonyl (C=O) groups is 2. The highest BCUT2D eigenvalue weighted by atomic mass is 16.4. The Morgan fingerprint density at radius 1 is 1.35 bits per heavy atom. The number of amides is 2. The van der Waals surface area contributed by atoms with Crippen molar-refractivity contribution in [3.05, 3.63) is 11.6 Å². The van der Waals surface area contributed by atoms with Crippen LogP contribution in [0.4, 0.5) is 4.79 Å². The zero-order chi connectivity index (χ0) is 13.5. The summed E-state index contributed by atoms with van der Waals surface area (Å²) in [6, 6.07) is -0.458. The SMILES string of the molecule is CCCC(C)(NC(=O)NCC=C(C)C)C(=O)O. The highest BCUT2D eigenvalue weighted by molar-refractivity contribution is 5.85. The van der Waals surface area contributed by atoms with Crippen LogP contribution in [0, 0.1) is 0 Å². The molecule has 17 heavy (non-hydrogen) atoms. The Hall–Kier alpha value is -1.52. The first kappa shape index (κ1) is 15.5. The lowest BCUT2D eigenvalue weighted by atomic mass is 9.97. The van der Waals surface area contributed by atoms with E-state index < -0.39 is 17.5 Å². The van der Waals surface area contributed by atoms with Crippen LogP contribution >= 0.6 is 0 Å². The lowest BCUT2D eigenvalue weighted by molar-refractivity contribution is -0.144. The van der Waals surface area contributed by atoms with Crippen molar-refractivity contribution < 1.29 is 14.7 Å². The predicted octanol–water partition coefficient (Wildman–Crippen LogP) is 1.90. The van der Waals surface area contributed by atoms with Crippen molar-refractivity contribution in [2.24, 2.45) is 0 Å². The van der Waals surface area contributed by atoms with Crippen LogP contribution in [-0.4, -0.2) is 29.2 Å². The maximum atomic E-state index is 11.5. The zero-order valence-corrected chi connectivity index (χ0v) is 11.0. The van der Waals surface area contributed by atoms with Gasteiger partial charge in [0, 0.05) is 6.54 Å². The van der Waals surface area contributed by atoms with Gasteiger partial charge in [-0.2, -0.15) is 0 Å². The Bertz CT molecular complexity index is 309. The first-order chi connectivity index (χ1) is 7.81. The number of aliphatic carboxylic acids is 1. The van der Waals surface area contributed by atoms with Crippen LogP contribution < -0.4 is 10.6 Å². The van der Waals surface area contributed by atoms with Gasteiger partial charge in [-0.3, -0.25) is 0 Å². The molecular formula is C12H22N2O3. The first-order valence-corrected chi connectivity index (χ1v) is 5.74. The molecule has 0 aliphatic rings. The Kier molecular flexibility index (Phi) is 6.31. The lowest BCUT2D eigenvalue weighted by Gasteiger charge is -2.25. The zero-order valence-electron chi connectivity index (χ0n) is 11.0. The minimum Gasteiger partial charge on any atom is -0.480 e. The summed E-state index contributed by atoms with van der Waals surface area (Å²) in [5, 5.41) is 14.2. The average Bonchev–Trinajstić information content (AvgIpc) is 2.16. The molecule has 0 saturated carbocycles. The number of allylic oxidation sites excluding steroid dienone is 1. The van der Waals surface area contributed by atoms with Crippen molar-refractivity contribution in [1.82, 2.24) is 10.6 Å². The second kappa shape index (κ2) is 6.93. The van der Waals surface area contributed by atoms with E-state index in [0.29, 0.717) is 19.4 Å². The summed E-state index contributed by atoms with van der Waals surface area (Å²) >= 11 is 0. The van der Waals surface area contributed by atoms with Crippen LogP contribution in [0.2, 0.25) is 0 Å². The Morgan fingerprint density at radius 3 is 2.35 bits per heavy atom. The average molecular weight is 242 g/mol. The molecular weight excluding hydrogens is 220 g/mol. The third-order valence-electron chi connectivity index (χ3n) is 2.38. The van der Waals surface area contributed by atoms with Gasteiger partial charge in [0.2, 0.25) is 0 Å². The number of carbonyl (C=O) groups excluding carboxylic acids is 1. The number of carboxylic acids is 1. The number of rotatable bonds is 6. The van der Waals surface area contributed by atoms with Crippen LogP contribution in [0.5, 0.6) is 0 Å². The van der Waals surface area contributed by atoms with Gasteiger partial charge in [0.1, 0.15) is 5.54 Å². The molecule has 1 atom stereocenters. The molecule has 0 aromatic rings. The fraction of sp³-hybridized carbons (Fsp3) is 0.667. The van der Waals surface area contributed by atoms with Crippen LogP contribution in [0.25, 0.3) is 0 Å². The van der Waals surface area contributed by atoms with Gasteiger partial charge in [-0.25, -0.2) is 9.59 Å². The third-order valence-corrected chi connectivity index (χ3v) is 2.38. The van der Waals surface area contributed by atoms with E-state index >= 15 is 0 Å². The van der Waals surface area contributed by atoms with Gasteiger partial charge < -0.3 is 15.7 Å². The summed E-state index contributed by atoms with van der Waals surface area (Å²) in [4.78, 5) is 22.6. The molecule has 0 spiro atoms. The molecule has 3 N–H and O–H groups in total. The summed E-state index contributed by atoms with van der Waals surface area (Å²) in [5.74, 6) is -1.02. The minimum absolute atomic E-state index is 0.399. The number of urea groups is 1. The maximum absolute atomic E-state index is 11.5. The van der Waals surface area contributed by atoms with Crippen LogP contribution in [0.3, 0.4) is 0 Å². The Labute approximate surface area is 102 Å². The highest BCUT2D eigenvalue weighted by Gasteiger charge is 2.33. The van der Waals surface area contributed by atoms with Gasteiger partial charge in [0.05, 0.1) is 0 Å². The minimum atomic E-state index is -1.20. The molecule has 0 saturated heterocycles. The standard InChI is InChI=1S/C12H22N2O3/c1-5-7-12(4,10(15)16)14-11(17)13-8-6-9(2)3/h6H,5,7-8H2,1-4H3,(H,15,16)(H2,13,14,17). The molecule has 0 aromatic heterocycles. The second-order valence-electron chi connectivity index (χ2n) is 4.50. The number of nitrogens with one attached hydrogen (secondary N) is 2. The van der Waals surface area contributed by atoms with Crippen molar-refractivity contribution in [1.29, 1.82) is 0 Å². The normalized spacial score (nSPS) is 13.4. The van der Waals surface area contributed by atoms with Gasteiger partial charge in [0.15, 0.2) is 0 Å². The van der Waals surface area contributed by atoms with Crippen molar-refractivity contribution in [3.63, 3.8) is 0 Å². The van der Waals surface area contributed by atoms with Crippen LogP contribution in [-0.2, 0) is 4.79 Å². The highest BCUT2D eigenvalue weighted by Crippen LogP contribution is 2.12. The molecule has 2 amide bonds. The van der Waals surface area contributed by atoms with Crippen LogP contribution in [0.15, 0.2) is 11.6 Å². The van der Waals surface area contributed by atoms with Gasteiger partial charge >= 0.3 is 12.0 Å². The number of carboxylic acid groups (broad SMARTS) is 1. The van der Waals surface area contributed by atoms with E-state index in [-0.39, 0.29) is 0 Å². The monoisotopic (exact) mass is 242 g/mol. The van der Waals surface area contributed by atoms with E-state index in [1.165, 1.54) is 6.92 Å². The molecule has 0 bridgehead atoms. The van der Waals surface area contributed by atoms with Crippen molar-refractivity contribution in [2.45, 2.75) is 46.1 Å². The van der Waals surface area contributed by atoms with Crippen molar-refractivity contribution in [2.75, 3.05) is 6.54 Å². The summed E-state index contributed by atoms with van der Waals surface area (Å²) in [7, 11) is 0. The molecule has 0 aliphatic heterocycles. The molecule has 98 valence electrons. The lowest BCUT2D eigenvalue weighted by Crippen LogP contribution is -2.55. The van der Waals surface area contributed by atoms with Crippen molar-refractivity contribution >= 4 is 12.0 Å². The van der Waals surface area contributed by atoms with E-state index in [4.69, 9.17) is 5.11 Å². The molecule has 0 rings (SSSR count). The summed E-state index contributed by atoms with van der Waals surface area (Å²) < 4.78 is 0. The Balaban J connectivity index is 4.32. The van der Waals surface area contributed by atoms with Gasteiger partial charge in [-0.05, 0) is 27.2 Å². The first-order valence-electron chi connectivity index (χ1n) is 5.74. The van der Waals surface area contributed by atoms with E-state index in [2.05, 4.69) is 10.6 Å². The van der Waals surface area contributed by atoms with E-state index in [1.807, 2.05) is 26.8 Å². The van der Waals surface area contributed by atoms with Gasteiger partial charge in [-0.15, -0.1) is 0 Å². The molecule has 0 heterocycles. The Morgan fingerprint density at radius 2 is 1.94 bits per heavy atom. The molecule has 0 aliphatic carbocycles. The fourth-order valence-electron chi connectivity index (χ4n) is 1.37. The van der Waals surface area contributed by atoms with E-state index in [0.717, 1.165) is 5.57 Å². The fourth-order valence-corrected chi connectivity index (χ4v) is 1.37. The summed E-state index contributed by atoms with van der Waals surface area (Å²) in [6.45, 7) is 7.65. The molecule has 0 radical (unpaired) electrons. The number of hydrogen-bond donors (Lipinski definition) is 3. The number of hydrogen-bond acceptors (Lipinski definition) is 2. The molecule has 5 heteroatoms. The maximum Gasteiger partial charge on any atom is 0.329 e. The smallest absolute Gasteiger partial charge is 0.329 e. The third kappa shape index (κ3) is 5.94.